The number of amides is 1. The molecule has 1 N–H and O–H groups in total. The van der Waals surface area contributed by atoms with Crippen LogP contribution in [0.3, 0.4) is 0 Å². The summed E-state index contributed by atoms with van der Waals surface area (Å²) in [6, 6.07) is 8.07. The number of hydrogen-bond acceptors (Lipinski definition) is 6. The van der Waals surface area contributed by atoms with Crippen molar-refractivity contribution in [3.05, 3.63) is 46.5 Å². The van der Waals surface area contributed by atoms with Gasteiger partial charge in [-0.3, -0.25) is 4.79 Å². The second-order valence-electron chi connectivity index (χ2n) is 5.25. The lowest BCUT2D eigenvalue weighted by atomic mass is 10.2. The third-order valence-electron chi connectivity index (χ3n) is 3.49. The van der Waals surface area contributed by atoms with Gasteiger partial charge >= 0.3 is 0 Å². The largest absolute Gasteiger partial charge is 0.383 e. The predicted molar refractivity (Wildman–Crippen MR) is 109 cm³/mol. The predicted octanol–water partition coefficient (Wildman–Crippen LogP) is 4.15. The van der Waals surface area contributed by atoms with Crippen molar-refractivity contribution < 1.29 is 9.53 Å². The van der Waals surface area contributed by atoms with Gasteiger partial charge in [0.05, 0.1) is 24.3 Å². The van der Waals surface area contributed by atoms with E-state index >= 15 is 0 Å². The molecular weight excluding hydrogens is 436 g/mol. The van der Waals surface area contributed by atoms with Crippen LogP contribution >= 0.6 is 39.0 Å². The Morgan fingerprint density at radius 3 is 2.85 bits per heavy atom. The Bertz CT molecular complexity index is 850. The molecule has 0 spiro atoms. The van der Waals surface area contributed by atoms with Crippen LogP contribution in [0.4, 0.5) is 5.13 Å². The summed E-state index contributed by atoms with van der Waals surface area (Å²) in [6.45, 7) is 1.23. The topological polar surface area (TPSA) is 69.0 Å². The van der Waals surface area contributed by atoms with E-state index in [9.17, 15) is 4.79 Å². The molecule has 0 unspecified atom stereocenters. The second-order valence-corrected chi connectivity index (χ2v) is 8.00. The summed E-state index contributed by atoms with van der Waals surface area (Å²) < 4.78 is 8.33. The molecule has 3 rings (SSSR count). The van der Waals surface area contributed by atoms with Crippen molar-refractivity contribution >= 4 is 50.1 Å². The molecule has 6 nitrogen and oxygen atoms in total. The lowest BCUT2D eigenvalue weighted by Crippen LogP contribution is -2.15. The lowest BCUT2D eigenvalue weighted by Gasteiger charge is -2.11. The number of hydrogen-bond donors (Lipinski definition) is 1. The maximum absolute atomic E-state index is 12.1. The second kappa shape index (κ2) is 9.31. The van der Waals surface area contributed by atoms with Gasteiger partial charge < -0.3 is 14.6 Å². The molecule has 1 aromatic carbocycles. The SMILES string of the molecule is COCCn1c(-c2ccc(Br)cc2)cnc1SCC(=O)Nc1nccs1. The fourth-order valence-corrected chi connectivity index (χ4v) is 3.91. The first-order valence-corrected chi connectivity index (χ1v) is 10.5. The van der Waals surface area contributed by atoms with Crippen molar-refractivity contribution in [2.24, 2.45) is 0 Å². The first-order chi connectivity index (χ1) is 12.7. The summed E-state index contributed by atoms with van der Waals surface area (Å²) in [5.74, 6) is 0.167. The Kier molecular flexibility index (Phi) is 6.84. The number of halogens is 1. The first-order valence-electron chi connectivity index (χ1n) is 7.80. The highest BCUT2D eigenvalue weighted by Gasteiger charge is 2.14. The standard InChI is InChI=1S/C17H17BrN4O2S2/c1-24-8-7-22-14(12-2-4-13(18)5-3-12)10-20-17(22)26-11-15(23)21-16-19-6-9-25-16/h2-6,9-10H,7-8,11H2,1H3,(H,19,21,23). The van der Waals surface area contributed by atoms with E-state index in [0.717, 1.165) is 20.9 Å². The monoisotopic (exact) mass is 452 g/mol. The number of benzene rings is 1. The Balaban J connectivity index is 1.73. The number of carbonyl (C=O) groups excluding carboxylic acids is 1. The van der Waals surface area contributed by atoms with Crippen LogP contribution in [0.25, 0.3) is 11.3 Å². The number of nitrogens with zero attached hydrogens (tertiary/aromatic N) is 3. The van der Waals surface area contributed by atoms with Gasteiger partial charge in [0.15, 0.2) is 10.3 Å². The summed E-state index contributed by atoms with van der Waals surface area (Å²) in [5, 5.41) is 6.00. The average molecular weight is 453 g/mol. The molecule has 1 amide bonds. The molecule has 2 aromatic heterocycles. The van der Waals surface area contributed by atoms with Crippen LogP contribution in [0.1, 0.15) is 0 Å². The van der Waals surface area contributed by atoms with Crippen LogP contribution in [-0.4, -0.2) is 39.9 Å². The van der Waals surface area contributed by atoms with E-state index in [4.69, 9.17) is 4.74 Å². The highest BCUT2D eigenvalue weighted by atomic mass is 79.9. The molecule has 2 heterocycles. The van der Waals surface area contributed by atoms with Gasteiger partial charge in [0.25, 0.3) is 0 Å². The molecule has 0 saturated carbocycles. The molecule has 0 aliphatic heterocycles. The number of ether oxygens (including phenoxy) is 1. The van der Waals surface area contributed by atoms with E-state index in [-0.39, 0.29) is 11.7 Å². The number of thiazole rings is 1. The van der Waals surface area contributed by atoms with Crippen LogP contribution in [-0.2, 0) is 16.1 Å². The van der Waals surface area contributed by atoms with E-state index in [1.165, 1.54) is 23.1 Å². The van der Waals surface area contributed by atoms with E-state index in [2.05, 4.69) is 35.8 Å². The van der Waals surface area contributed by atoms with Crippen molar-refractivity contribution in [2.45, 2.75) is 11.7 Å². The molecule has 26 heavy (non-hydrogen) atoms. The van der Waals surface area contributed by atoms with Gasteiger partial charge in [-0.05, 0) is 17.7 Å². The van der Waals surface area contributed by atoms with Crippen LogP contribution in [0.15, 0.2) is 51.7 Å². The summed E-state index contributed by atoms with van der Waals surface area (Å²) in [7, 11) is 1.67. The lowest BCUT2D eigenvalue weighted by molar-refractivity contribution is -0.113. The molecular formula is C17H17BrN4O2S2. The van der Waals surface area contributed by atoms with Crippen LogP contribution in [0.2, 0.25) is 0 Å². The molecule has 3 aromatic rings. The Morgan fingerprint density at radius 1 is 1.35 bits per heavy atom. The van der Waals surface area contributed by atoms with Crippen LogP contribution in [0.5, 0.6) is 0 Å². The zero-order valence-corrected chi connectivity index (χ0v) is 17.2. The van der Waals surface area contributed by atoms with Gasteiger partial charge in [-0.1, -0.05) is 39.8 Å². The fourth-order valence-electron chi connectivity index (χ4n) is 2.29. The number of carbonyl (C=O) groups is 1. The summed E-state index contributed by atoms with van der Waals surface area (Å²) in [6.07, 6.45) is 3.50. The normalized spacial score (nSPS) is 10.8. The number of methoxy groups -OCH3 is 1. The zero-order valence-electron chi connectivity index (χ0n) is 14.0. The summed E-state index contributed by atoms with van der Waals surface area (Å²) in [5.41, 5.74) is 2.06. The number of thioether (sulfide) groups is 1. The number of rotatable bonds is 8. The van der Waals surface area contributed by atoms with Crippen molar-refractivity contribution in [3.63, 3.8) is 0 Å². The third kappa shape index (κ3) is 4.94. The molecule has 0 bridgehead atoms. The molecule has 136 valence electrons. The van der Waals surface area contributed by atoms with E-state index in [0.29, 0.717) is 18.3 Å². The summed E-state index contributed by atoms with van der Waals surface area (Å²) >= 11 is 6.25. The minimum atomic E-state index is -0.101. The maximum atomic E-state index is 12.1. The van der Waals surface area contributed by atoms with Crippen molar-refractivity contribution in [1.82, 2.24) is 14.5 Å². The fraction of sp³-hybridized carbons (Fsp3) is 0.235. The first kappa shape index (κ1) is 19.1. The zero-order chi connectivity index (χ0) is 18.4. The van der Waals surface area contributed by atoms with Gasteiger partial charge in [0.1, 0.15) is 0 Å². The molecule has 0 fully saturated rings. The van der Waals surface area contributed by atoms with Crippen LogP contribution < -0.4 is 5.32 Å². The molecule has 0 saturated heterocycles. The smallest absolute Gasteiger partial charge is 0.236 e. The van der Waals surface area contributed by atoms with Gasteiger partial charge in [0, 0.05) is 29.7 Å². The van der Waals surface area contributed by atoms with Gasteiger partial charge in [0.2, 0.25) is 5.91 Å². The van der Waals surface area contributed by atoms with E-state index < -0.39 is 0 Å². The molecule has 0 aliphatic carbocycles. The van der Waals surface area contributed by atoms with Gasteiger partial charge in [-0.2, -0.15) is 0 Å². The Morgan fingerprint density at radius 2 is 2.15 bits per heavy atom. The number of imidazole rings is 1. The molecule has 0 aliphatic rings. The minimum absolute atomic E-state index is 0.101. The maximum Gasteiger partial charge on any atom is 0.236 e. The Hall–Kier alpha value is -1.68. The number of aromatic nitrogens is 3. The van der Waals surface area contributed by atoms with Crippen molar-refractivity contribution in [1.29, 1.82) is 0 Å². The van der Waals surface area contributed by atoms with E-state index in [1.54, 1.807) is 13.3 Å². The van der Waals surface area contributed by atoms with Crippen molar-refractivity contribution in [3.8, 4) is 11.3 Å². The van der Waals surface area contributed by atoms with Crippen molar-refractivity contribution in [2.75, 3.05) is 24.8 Å². The van der Waals surface area contributed by atoms with Crippen LogP contribution in [0, 0.1) is 0 Å². The van der Waals surface area contributed by atoms with Gasteiger partial charge in [-0.15, -0.1) is 11.3 Å². The minimum Gasteiger partial charge on any atom is -0.383 e. The number of nitrogens with one attached hydrogen (secondary N) is 1. The van der Waals surface area contributed by atoms with E-state index in [1.807, 2.05) is 35.8 Å². The number of anilines is 1. The molecule has 0 radical (unpaired) electrons. The van der Waals surface area contributed by atoms with Gasteiger partial charge in [-0.25, -0.2) is 9.97 Å². The quantitative estimate of drug-likeness (QED) is 0.519. The Labute approximate surface area is 168 Å². The highest BCUT2D eigenvalue weighted by molar-refractivity contribution is 9.10. The third-order valence-corrected chi connectivity index (χ3v) is 5.70. The average Bonchev–Trinajstić information content (AvgIpc) is 3.28. The summed E-state index contributed by atoms with van der Waals surface area (Å²) in [4.78, 5) is 20.6. The highest BCUT2D eigenvalue weighted by Crippen LogP contribution is 2.27. The molecule has 0 atom stereocenters. The molecule has 9 heteroatoms.